The second-order valence-corrected chi connectivity index (χ2v) is 7.07. The Labute approximate surface area is 157 Å². The molecule has 2 atom stereocenters. The number of nitrogens with one attached hydrogen (secondary N) is 1. The van der Waals surface area contributed by atoms with E-state index in [-0.39, 0.29) is 6.04 Å². The van der Waals surface area contributed by atoms with Crippen molar-refractivity contribution in [2.24, 2.45) is 10.7 Å². The average Bonchev–Trinajstić information content (AvgIpc) is 3.22. The molecule has 3 rings (SSSR count). The first-order valence-electron chi connectivity index (χ1n) is 8.53. The lowest BCUT2D eigenvalue weighted by atomic mass is 10.0. The van der Waals surface area contributed by atoms with E-state index >= 15 is 0 Å². The standard InChI is InChI=1S/C21H22FN3S/c1-15(20(22)17-6-3-2-4-7-17)24-14-16-9-11-18(12-10-16)25-21(23)19-8-5-13-26-19/h2-13,15,20,24H,14H2,1H3,(H2,23,25)/t15-,20-/m1/s1. The number of hydrogen-bond donors (Lipinski definition) is 2. The van der Waals surface area contributed by atoms with E-state index in [1.807, 2.05) is 79.0 Å². The van der Waals surface area contributed by atoms with Crippen LogP contribution < -0.4 is 11.1 Å². The highest BCUT2D eigenvalue weighted by atomic mass is 32.1. The van der Waals surface area contributed by atoms with E-state index in [9.17, 15) is 4.39 Å². The van der Waals surface area contributed by atoms with Crippen molar-refractivity contribution in [2.45, 2.75) is 25.7 Å². The second kappa shape index (κ2) is 8.74. The molecule has 0 spiro atoms. The van der Waals surface area contributed by atoms with Gasteiger partial charge >= 0.3 is 0 Å². The molecule has 3 N–H and O–H groups in total. The van der Waals surface area contributed by atoms with Gasteiger partial charge in [-0.2, -0.15) is 0 Å². The molecule has 0 bridgehead atoms. The highest BCUT2D eigenvalue weighted by Gasteiger charge is 2.17. The second-order valence-electron chi connectivity index (χ2n) is 6.12. The van der Waals surface area contributed by atoms with Crippen molar-refractivity contribution >= 4 is 22.9 Å². The summed E-state index contributed by atoms with van der Waals surface area (Å²) in [5.41, 5.74) is 8.58. The summed E-state index contributed by atoms with van der Waals surface area (Å²) in [5.74, 6) is 0.516. The molecule has 1 aromatic heterocycles. The highest BCUT2D eigenvalue weighted by Crippen LogP contribution is 2.21. The summed E-state index contributed by atoms with van der Waals surface area (Å²) in [7, 11) is 0. The van der Waals surface area contributed by atoms with Crippen LogP contribution in [0, 0.1) is 0 Å². The van der Waals surface area contributed by atoms with Crippen molar-refractivity contribution in [3.05, 3.63) is 88.1 Å². The zero-order valence-corrected chi connectivity index (χ0v) is 15.4. The van der Waals surface area contributed by atoms with Gasteiger partial charge < -0.3 is 11.1 Å². The summed E-state index contributed by atoms with van der Waals surface area (Å²) in [6.45, 7) is 2.46. The summed E-state index contributed by atoms with van der Waals surface area (Å²) < 4.78 is 14.5. The summed E-state index contributed by atoms with van der Waals surface area (Å²) in [6, 6.07) is 20.7. The molecule has 0 aliphatic carbocycles. The van der Waals surface area contributed by atoms with Gasteiger partial charge in [0.1, 0.15) is 12.0 Å². The lowest BCUT2D eigenvalue weighted by Crippen LogP contribution is -2.29. The molecule has 0 saturated heterocycles. The molecule has 2 aromatic carbocycles. The monoisotopic (exact) mass is 367 g/mol. The van der Waals surface area contributed by atoms with Crippen LogP contribution in [0.5, 0.6) is 0 Å². The molecule has 0 radical (unpaired) electrons. The van der Waals surface area contributed by atoms with Gasteiger partial charge in [0.15, 0.2) is 0 Å². The summed E-state index contributed by atoms with van der Waals surface area (Å²) in [6.07, 6.45) is -1.04. The molecule has 3 nitrogen and oxygen atoms in total. The van der Waals surface area contributed by atoms with Crippen LogP contribution >= 0.6 is 11.3 Å². The normalized spacial score (nSPS) is 14.2. The number of aliphatic imine (C=N–C) groups is 1. The van der Waals surface area contributed by atoms with Crippen molar-refractivity contribution in [3.63, 3.8) is 0 Å². The van der Waals surface area contributed by atoms with Gasteiger partial charge in [0, 0.05) is 12.6 Å². The quantitative estimate of drug-likeness (QED) is 0.457. The number of thiophene rings is 1. The van der Waals surface area contributed by atoms with Gasteiger partial charge in [-0.05, 0) is 41.6 Å². The topological polar surface area (TPSA) is 50.4 Å². The first-order valence-corrected chi connectivity index (χ1v) is 9.41. The molecule has 0 fully saturated rings. The lowest BCUT2D eigenvalue weighted by Gasteiger charge is -2.18. The van der Waals surface area contributed by atoms with E-state index in [0.717, 1.165) is 16.1 Å². The molecule has 0 unspecified atom stereocenters. The molecule has 134 valence electrons. The Morgan fingerprint density at radius 1 is 1.08 bits per heavy atom. The van der Waals surface area contributed by atoms with E-state index in [4.69, 9.17) is 5.73 Å². The van der Waals surface area contributed by atoms with E-state index in [2.05, 4.69) is 10.3 Å². The number of nitrogens with zero attached hydrogens (tertiary/aromatic N) is 1. The van der Waals surface area contributed by atoms with E-state index in [0.29, 0.717) is 17.9 Å². The fraction of sp³-hybridized carbons (Fsp3) is 0.190. The Kier molecular flexibility index (Phi) is 6.15. The third-order valence-electron chi connectivity index (χ3n) is 4.14. The zero-order chi connectivity index (χ0) is 18.4. The van der Waals surface area contributed by atoms with Crippen molar-refractivity contribution in [3.8, 4) is 0 Å². The number of rotatable bonds is 7. The van der Waals surface area contributed by atoms with Crippen molar-refractivity contribution < 1.29 is 4.39 Å². The van der Waals surface area contributed by atoms with Gasteiger partial charge in [0.2, 0.25) is 0 Å². The van der Waals surface area contributed by atoms with Crippen LogP contribution in [0.15, 0.2) is 77.1 Å². The van der Waals surface area contributed by atoms with E-state index in [1.165, 1.54) is 0 Å². The molecule has 26 heavy (non-hydrogen) atoms. The fourth-order valence-electron chi connectivity index (χ4n) is 2.61. The lowest BCUT2D eigenvalue weighted by molar-refractivity contribution is 0.264. The Morgan fingerprint density at radius 2 is 1.81 bits per heavy atom. The average molecular weight is 367 g/mol. The molecule has 0 amide bonds. The predicted molar refractivity (Wildman–Crippen MR) is 108 cm³/mol. The first kappa shape index (κ1) is 18.3. The number of benzene rings is 2. The van der Waals surface area contributed by atoms with Gasteiger partial charge in [0.25, 0.3) is 0 Å². The van der Waals surface area contributed by atoms with Crippen LogP contribution in [0.2, 0.25) is 0 Å². The zero-order valence-electron chi connectivity index (χ0n) is 14.6. The molecule has 0 saturated carbocycles. The largest absolute Gasteiger partial charge is 0.383 e. The maximum Gasteiger partial charge on any atom is 0.141 e. The van der Waals surface area contributed by atoms with Gasteiger partial charge in [-0.1, -0.05) is 48.5 Å². The third-order valence-corrected chi connectivity index (χ3v) is 5.04. The minimum absolute atomic E-state index is 0.274. The Balaban J connectivity index is 1.57. The maximum absolute atomic E-state index is 14.5. The van der Waals surface area contributed by atoms with Gasteiger partial charge in [-0.3, -0.25) is 0 Å². The summed E-state index contributed by atoms with van der Waals surface area (Å²) >= 11 is 1.56. The van der Waals surface area contributed by atoms with E-state index < -0.39 is 6.17 Å². The van der Waals surface area contributed by atoms with Crippen LogP contribution in [0.3, 0.4) is 0 Å². The minimum atomic E-state index is -1.04. The number of hydrogen-bond acceptors (Lipinski definition) is 3. The fourth-order valence-corrected chi connectivity index (χ4v) is 3.24. The maximum atomic E-state index is 14.5. The van der Waals surface area contributed by atoms with Crippen LogP contribution in [0.25, 0.3) is 0 Å². The Hall–Kier alpha value is -2.50. The van der Waals surface area contributed by atoms with Crippen LogP contribution in [-0.2, 0) is 6.54 Å². The van der Waals surface area contributed by atoms with Crippen LogP contribution in [0.1, 0.15) is 29.1 Å². The Bertz CT molecular complexity index is 829. The highest BCUT2D eigenvalue weighted by molar-refractivity contribution is 7.12. The third kappa shape index (κ3) is 4.77. The number of halogens is 1. The molecule has 0 aliphatic rings. The Morgan fingerprint density at radius 3 is 2.46 bits per heavy atom. The van der Waals surface area contributed by atoms with Crippen LogP contribution in [0.4, 0.5) is 10.1 Å². The van der Waals surface area contributed by atoms with Gasteiger partial charge in [-0.25, -0.2) is 9.38 Å². The summed E-state index contributed by atoms with van der Waals surface area (Å²) in [4.78, 5) is 5.39. The number of amidine groups is 1. The van der Waals surface area contributed by atoms with Crippen molar-refractivity contribution in [1.29, 1.82) is 0 Å². The molecular weight excluding hydrogens is 345 g/mol. The van der Waals surface area contributed by atoms with E-state index in [1.54, 1.807) is 11.3 Å². The van der Waals surface area contributed by atoms with Crippen LogP contribution in [-0.4, -0.2) is 11.9 Å². The van der Waals surface area contributed by atoms with Crippen molar-refractivity contribution in [2.75, 3.05) is 0 Å². The molecular formula is C21H22FN3S. The SMILES string of the molecule is C[C@@H](NCc1ccc(N=C(N)c2cccs2)cc1)[C@@H](F)c1ccccc1. The summed E-state index contributed by atoms with van der Waals surface area (Å²) in [5, 5.41) is 5.22. The van der Waals surface area contributed by atoms with Crippen molar-refractivity contribution in [1.82, 2.24) is 5.32 Å². The molecule has 1 heterocycles. The predicted octanol–water partition coefficient (Wildman–Crippen LogP) is 4.97. The smallest absolute Gasteiger partial charge is 0.141 e. The molecule has 0 aliphatic heterocycles. The minimum Gasteiger partial charge on any atom is -0.383 e. The molecule has 5 heteroatoms. The van der Waals surface area contributed by atoms with Gasteiger partial charge in [-0.15, -0.1) is 11.3 Å². The first-order chi connectivity index (χ1) is 12.6. The number of alkyl halides is 1. The molecule has 3 aromatic rings. The van der Waals surface area contributed by atoms with Gasteiger partial charge in [0.05, 0.1) is 10.6 Å². The number of nitrogens with two attached hydrogens (primary N) is 1.